The molecule has 0 saturated carbocycles. The Kier molecular flexibility index (Phi) is 13.1. The fraction of sp³-hybridized carbons (Fsp3) is 0.345. The predicted octanol–water partition coefficient (Wildman–Crippen LogP) is 5.87. The van der Waals surface area contributed by atoms with Gasteiger partial charge in [0.05, 0.1) is 16.3 Å². The van der Waals surface area contributed by atoms with Crippen LogP contribution < -0.4 is 26.0 Å². The van der Waals surface area contributed by atoms with E-state index in [4.69, 9.17) is 16.3 Å². The van der Waals surface area contributed by atoms with Crippen LogP contribution in [-0.4, -0.2) is 61.5 Å². The summed E-state index contributed by atoms with van der Waals surface area (Å²) in [6.07, 6.45) is 5.51. The Morgan fingerprint density at radius 2 is 1.88 bits per heavy atom. The fourth-order valence-electron chi connectivity index (χ4n) is 4.08. The molecular weight excluding hydrogens is 635 g/mol. The Labute approximate surface area is 270 Å². The number of hydrogen-bond acceptors (Lipinski definition) is 9. The van der Waals surface area contributed by atoms with E-state index in [0.717, 1.165) is 17.6 Å². The van der Waals surface area contributed by atoms with Crippen LogP contribution in [0.15, 0.2) is 54.4 Å². The molecule has 1 aliphatic rings. The van der Waals surface area contributed by atoms with Crippen molar-refractivity contribution in [3.05, 3.63) is 70.5 Å². The van der Waals surface area contributed by atoms with Crippen molar-refractivity contribution >= 4 is 75.6 Å². The molecule has 1 aromatic heterocycles. The zero-order chi connectivity index (χ0) is 29.6. The molecule has 0 fully saturated rings. The lowest BCUT2D eigenvalue weighted by Crippen LogP contribution is -2.40. The molecule has 43 heavy (non-hydrogen) atoms. The van der Waals surface area contributed by atoms with Gasteiger partial charge in [-0.05, 0) is 69.7 Å². The normalized spacial score (nSPS) is 12.7. The van der Waals surface area contributed by atoms with Crippen LogP contribution in [0.2, 0.25) is 5.02 Å². The van der Waals surface area contributed by atoms with Crippen LogP contribution in [-0.2, 0) is 9.84 Å². The maximum Gasteiger partial charge on any atom is 0.251 e. The second-order valence-corrected chi connectivity index (χ2v) is 13.5. The molecule has 3 aromatic rings. The number of fused-ring (bicyclic) bond motifs is 1. The molecule has 14 heteroatoms. The molecule has 0 radical (unpaired) electrons. The van der Waals surface area contributed by atoms with Crippen molar-refractivity contribution in [1.82, 2.24) is 20.6 Å². The number of benzene rings is 2. The van der Waals surface area contributed by atoms with Crippen LogP contribution in [0.4, 0.5) is 17.3 Å². The molecule has 10 nitrogen and oxygen atoms in total. The topological polar surface area (TPSA) is 134 Å². The van der Waals surface area contributed by atoms with Gasteiger partial charge in [0.25, 0.3) is 5.91 Å². The van der Waals surface area contributed by atoms with E-state index < -0.39 is 9.84 Å². The standard InChI is InChI=1S/C29H35ClN6O4S.2ClH/c1-29(2,3)36-28(37)20-6-5-7-22(15-20)40-25-9-8-21(16-24(25)30)35-27-23-14-19(17-31-12-13-41(4,38)39)10-11-32-26(23)33-18-34-27;;/h5-9,14-16,18,31H,10-13,17H2,1-4H3,(H,36,37)(H2,32,33,34,35);2*1H. The molecule has 0 saturated heterocycles. The summed E-state index contributed by atoms with van der Waals surface area (Å²) in [6, 6.07) is 12.2. The third kappa shape index (κ3) is 11.2. The Bertz CT molecular complexity index is 1560. The maximum absolute atomic E-state index is 12.6. The maximum atomic E-state index is 12.6. The largest absolute Gasteiger partial charge is 0.456 e. The number of ether oxygens (including phenoxy) is 1. The summed E-state index contributed by atoms with van der Waals surface area (Å²) >= 11 is 6.58. The van der Waals surface area contributed by atoms with Crippen LogP contribution in [0.5, 0.6) is 11.5 Å². The summed E-state index contributed by atoms with van der Waals surface area (Å²) in [5.41, 5.74) is 2.73. The van der Waals surface area contributed by atoms with Crippen molar-refractivity contribution in [3.8, 4) is 11.5 Å². The minimum Gasteiger partial charge on any atom is -0.456 e. The minimum atomic E-state index is -3.02. The molecule has 0 aliphatic carbocycles. The van der Waals surface area contributed by atoms with Gasteiger partial charge >= 0.3 is 0 Å². The van der Waals surface area contributed by atoms with Crippen molar-refractivity contribution < 1.29 is 17.9 Å². The number of aromatic nitrogens is 2. The Hall–Kier alpha value is -3.09. The van der Waals surface area contributed by atoms with Crippen LogP contribution in [0, 0.1) is 0 Å². The van der Waals surface area contributed by atoms with E-state index in [-0.39, 0.29) is 42.0 Å². The lowest BCUT2D eigenvalue weighted by atomic mass is 10.1. The van der Waals surface area contributed by atoms with E-state index in [1.54, 1.807) is 36.4 Å². The second kappa shape index (κ2) is 15.6. The summed E-state index contributed by atoms with van der Waals surface area (Å²) in [6.45, 7) is 7.41. The van der Waals surface area contributed by atoms with Gasteiger partial charge in [0.15, 0.2) is 0 Å². The minimum absolute atomic E-state index is 0. The second-order valence-electron chi connectivity index (χ2n) is 10.9. The van der Waals surface area contributed by atoms with Gasteiger partial charge in [-0.3, -0.25) is 4.79 Å². The molecule has 2 aromatic carbocycles. The van der Waals surface area contributed by atoms with Crippen molar-refractivity contribution in [1.29, 1.82) is 0 Å². The Morgan fingerprint density at radius 1 is 1.12 bits per heavy atom. The van der Waals surface area contributed by atoms with Gasteiger partial charge in [-0.25, -0.2) is 18.4 Å². The van der Waals surface area contributed by atoms with E-state index in [9.17, 15) is 13.2 Å². The molecular formula is C29H37Cl3N6O4S. The first-order valence-electron chi connectivity index (χ1n) is 13.2. The van der Waals surface area contributed by atoms with E-state index in [1.807, 2.05) is 32.9 Å². The molecule has 4 rings (SSSR count). The van der Waals surface area contributed by atoms with Crippen LogP contribution >= 0.6 is 36.4 Å². The highest BCUT2D eigenvalue weighted by Crippen LogP contribution is 2.34. The zero-order valence-electron chi connectivity index (χ0n) is 24.4. The lowest BCUT2D eigenvalue weighted by molar-refractivity contribution is 0.0919. The summed E-state index contributed by atoms with van der Waals surface area (Å²) < 4.78 is 28.8. The van der Waals surface area contributed by atoms with E-state index in [0.29, 0.717) is 59.0 Å². The van der Waals surface area contributed by atoms with Crippen LogP contribution in [0.25, 0.3) is 6.08 Å². The molecule has 1 aliphatic heterocycles. The van der Waals surface area contributed by atoms with Crippen LogP contribution in [0.1, 0.15) is 43.1 Å². The SMILES string of the molecule is CC(C)(C)NC(=O)c1cccc(Oc2ccc(Nc3ncnc4c3C=C(CNCCS(C)(=O)=O)CCN4)cc2Cl)c1.Cl.Cl. The average Bonchev–Trinajstić information content (AvgIpc) is 3.10. The molecule has 0 unspecified atom stereocenters. The van der Waals surface area contributed by atoms with E-state index in [2.05, 4.69) is 31.2 Å². The summed E-state index contributed by atoms with van der Waals surface area (Å²) in [5, 5.41) is 13.2. The van der Waals surface area contributed by atoms with Gasteiger partial charge in [-0.1, -0.05) is 23.2 Å². The molecule has 2 heterocycles. The Morgan fingerprint density at radius 3 is 2.58 bits per heavy atom. The number of sulfone groups is 1. The molecule has 0 bridgehead atoms. The third-order valence-corrected chi connectivity index (χ3v) is 7.22. The van der Waals surface area contributed by atoms with Crippen LogP contribution in [0.3, 0.4) is 0 Å². The highest BCUT2D eigenvalue weighted by atomic mass is 35.5. The third-order valence-electron chi connectivity index (χ3n) is 5.98. The number of hydrogen-bond donors (Lipinski definition) is 4. The van der Waals surface area contributed by atoms with Gasteiger partial charge in [0, 0.05) is 42.7 Å². The van der Waals surface area contributed by atoms with Gasteiger partial charge < -0.3 is 26.0 Å². The molecule has 0 spiro atoms. The quantitative estimate of drug-likeness (QED) is 0.195. The lowest BCUT2D eigenvalue weighted by Gasteiger charge is -2.20. The number of carbonyl (C=O) groups is 1. The number of rotatable bonds is 10. The monoisotopic (exact) mass is 670 g/mol. The smallest absolute Gasteiger partial charge is 0.251 e. The van der Waals surface area contributed by atoms with Gasteiger partial charge in [0.2, 0.25) is 0 Å². The predicted molar refractivity (Wildman–Crippen MR) is 179 cm³/mol. The summed E-state index contributed by atoms with van der Waals surface area (Å²) in [5.74, 6) is 2.13. The van der Waals surface area contributed by atoms with Gasteiger partial charge in [-0.2, -0.15) is 0 Å². The molecule has 234 valence electrons. The number of carbonyl (C=O) groups excluding carboxylic acids is 1. The van der Waals surface area contributed by atoms with Crippen molar-refractivity contribution in [2.75, 3.05) is 42.3 Å². The highest BCUT2D eigenvalue weighted by molar-refractivity contribution is 7.90. The number of nitrogens with one attached hydrogen (secondary N) is 4. The highest BCUT2D eigenvalue weighted by Gasteiger charge is 2.17. The van der Waals surface area contributed by atoms with E-state index >= 15 is 0 Å². The first-order chi connectivity index (χ1) is 19.4. The number of anilines is 3. The van der Waals surface area contributed by atoms with Gasteiger partial charge in [-0.15, -0.1) is 24.8 Å². The summed E-state index contributed by atoms with van der Waals surface area (Å²) in [4.78, 5) is 21.4. The fourth-order valence-corrected chi connectivity index (χ4v) is 4.81. The molecule has 0 atom stereocenters. The summed E-state index contributed by atoms with van der Waals surface area (Å²) in [7, 11) is -3.02. The molecule has 1 amide bonds. The van der Waals surface area contributed by atoms with Crippen molar-refractivity contribution in [2.45, 2.75) is 32.7 Å². The van der Waals surface area contributed by atoms with Crippen molar-refractivity contribution in [2.24, 2.45) is 0 Å². The number of halogens is 3. The van der Waals surface area contributed by atoms with Crippen molar-refractivity contribution in [3.63, 3.8) is 0 Å². The number of amides is 1. The zero-order valence-corrected chi connectivity index (χ0v) is 27.6. The number of nitrogens with zero attached hydrogens (tertiary/aromatic N) is 2. The average molecular weight is 672 g/mol. The van der Waals surface area contributed by atoms with E-state index in [1.165, 1.54) is 12.6 Å². The first-order valence-corrected chi connectivity index (χ1v) is 15.6. The first kappa shape index (κ1) is 36.1. The van der Waals surface area contributed by atoms with Gasteiger partial charge in [0.1, 0.15) is 39.3 Å². The molecule has 4 N–H and O–H groups in total. The Balaban J connectivity index is 0.00000323.